The van der Waals surface area contributed by atoms with Crippen LogP contribution in [0.1, 0.15) is 10.5 Å². The summed E-state index contributed by atoms with van der Waals surface area (Å²) in [6, 6.07) is 5.03. The third-order valence-corrected chi connectivity index (χ3v) is 2.38. The highest BCUT2D eigenvalue weighted by Gasteiger charge is 2.12. The molecule has 2 aromatic rings. The van der Waals surface area contributed by atoms with E-state index in [1.165, 1.54) is 11.8 Å². The largest absolute Gasteiger partial charge is 0.497 e. The zero-order chi connectivity index (χ0) is 12.4. The van der Waals surface area contributed by atoms with Crippen molar-refractivity contribution in [2.45, 2.75) is 6.54 Å². The van der Waals surface area contributed by atoms with Crippen molar-refractivity contribution in [2.75, 3.05) is 7.11 Å². The summed E-state index contributed by atoms with van der Waals surface area (Å²) in [4.78, 5) is 21.5. The third-order valence-electron chi connectivity index (χ3n) is 2.38. The van der Waals surface area contributed by atoms with Gasteiger partial charge in [-0.3, -0.25) is 14.3 Å². The van der Waals surface area contributed by atoms with Gasteiger partial charge in [0.15, 0.2) is 6.29 Å². The molecule has 1 N–H and O–H groups in total. The van der Waals surface area contributed by atoms with Gasteiger partial charge < -0.3 is 9.84 Å². The van der Waals surface area contributed by atoms with Gasteiger partial charge >= 0.3 is 5.97 Å². The Morgan fingerprint density at radius 1 is 1.59 bits per heavy atom. The first-order chi connectivity index (χ1) is 8.15. The number of hydrogen-bond acceptors (Lipinski definition) is 4. The zero-order valence-electron chi connectivity index (χ0n) is 9.08. The Labute approximate surface area is 96.4 Å². The van der Waals surface area contributed by atoms with E-state index in [0.29, 0.717) is 22.9 Å². The summed E-state index contributed by atoms with van der Waals surface area (Å²) in [6.45, 7) is -0.294. The molecule has 0 spiro atoms. The van der Waals surface area contributed by atoms with Crippen LogP contribution in [0, 0.1) is 0 Å². The Morgan fingerprint density at radius 3 is 2.94 bits per heavy atom. The first-order valence-corrected chi connectivity index (χ1v) is 4.87. The van der Waals surface area contributed by atoms with Gasteiger partial charge in [0, 0.05) is 11.5 Å². The number of ether oxygens (including phenoxy) is 1. The molecule has 0 fully saturated rings. The zero-order valence-corrected chi connectivity index (χ0v) is 9.08. The SMILES string of the molecule is COc1ccc2c(C=O)nn(CC(=O)O)c2c1. The van der Waals surface area contributed by atoms with Crippen LogP contribution in [0.2, 0.25) is 0 Å². The molecule has 0 amide bonds. The monoisotopic (exact) mass is 234 g/mol. The number of carbonyl (C=O) groups is 2. The molecule has 88 valence electrons. The van der Waals surface area contributed by atoms with E-state index >= 15 is 0 Å². The number of aliphatic carboxylic acids is 1. The lowest BCUT2D eigenvalue weighted by molar-refractivity contribution is -0.137. The van der Waals surface area contributed by atoms with E-state index in [2.05, 4.69) is 5.10 Å². The van der Waals surface area contributed by atoms with Gasteiger partial charge in [0.1, 0.15) is 18.0 Å². The second-order valence-corrected chi connectivity index (χ2v) is 3.44. The summed E-state index contributed by atoms with van der Waals surface area (Å²) in [7, 11) is 1.51. The quantitative estimate of drug-likeness (QED) is 0.796. The van der Waals surface area contributed by atoms with Crippen molar-refractivity contribution in [3.05, 3.63) is 23.9 Å². The van der Waals surface area contributed by atoms with Crippen molar-refractivity contribution in [2.24, 2.45) is 0 Å². The molecule has 0 bridgehead atoms. The van der Waals surface area contributed by atoms with Crippen molar-refractivity contribution in [3.8, 4) is 5.75 Å². The fourth-order valence-electron chi connectivity index (χ4n) is 1.64. The summed E-state index contributed by atoms with van der Waals surface area (Å²) in [5.41, 5.74) is 0.790. The Balaban J connectivity index is 2.65. The van der Waals surface area contributed by atoms with E-state index < -0.39 is 5.97 Å². The second-order valence-electron chi connectivity index (χ2n) is 3.44. The number of methoxy groups -OCH3 is 1. The number of rotatable bonds is 4. The van der Waals surface area contributed by atoms with E-state index in [0.717, 1.165) is 0 Å². The van der Waals surface area contributed by atoms with Gasteiger partial charge in [0.2, 0.25) is 0 Å². The number of benzene rings is 1. The van der Waals surface area contributed by atoms with Gasteiger partial charge in [-0.25, -0.2) is 0 Å². The number of aromatic nitrogens is 2. The molecule has 0 radical (unpaired) electrons. The minimum absolute atomic E-state index is 0.226. The van der Waals surface area contributed by atoms with Crippen LogP contribution in [0.15, 0.2) is 18.2 Å². The van der Waals surface area contributed by atoms with E-state index in [-0.39, 0.29) is 12.2 Å². The average Bonchev–Trinajstić information content (AvgIpc) is 2.66. The van der Waals surface area contributed by atoms with Crippen LogP contribution in [0.4, 0.5) is 0 Å². The fourth-order valence-corrected chi connectivity index (χ4v) is 1.64. The molecular formula is C11H10N2O4. The van der Waals surface area contributed by atoms with E-state index in [1.54, 1.807) is 18.2 Å². The maximum absolute atomic E-state index is 10.8. The van der Waals surface area contributed by atoms with Crippen LogP contribution in [-0.4, -0.2) is 34.3 Å². The number of carboxylic acids is 1. The molecule has 1 heterocycles. The lowest BCUT2D eigenvalue weighted by Gasteiger charge is -2.01. The average molecular weight is 234 g/mol. The molecule has 0 aliphatic carbocycles. The molecule has 6 nitrogen and oxygen atoms in total. The predicted octanol–water partition coefficient (Wildman–Crippen LogP) is 0.942. The third kappa shape index (κ3) is 1.96. The van der Waals surface area contributed by atoms with Gasteiger partial charge in [-0.05, 0) is 12.1 Å². The minimum Gasteiger partial charge on any atom is -0.497 e. The van der Waals surface area contributed by atoms with Crippen molar-refractivity contribution >= 4 is 23.2 Å². The van der Waals surface area contributed by atoms with E-state index in [9.17, 15) is 9.59 Å². The molecule has 0 saturated carbocycles. The Morgan fingerprint density at radius 2 is 2.35 bits per heavy atom. The number of carboxylic acid groups (broad SMARTS) is 1. The number of aldehydes is 1. The summed E-state index contributed by atoms with van der Waals surface area (Å²) in [6.07, 6.45) is 0.604. The molecule has 0 atom stereocenters. The number of hydrogen-bond donors (Lipinski definition) is 1. The summed E-state index contributed by atoms with van der Waals surface area (Å²) in [5.74, 6) is -0.434. The Kier molecular flexibility index (Phi) is 2.78. The normalized spacial score (nSPS) is 10.4. The second kappa shape index (κ2) is 4.25. The maximum Gasteiger partial charge on any atom is 0.325 e. The van der Waals surface area contributed by atoms with Crippen LogP contribution >= 0.6 is 0 Å². The molecule has 1 aromatic heterocycles. The number of nitrogens with zero attached hydrogens (tertiary/aromatic N) is 2. The van der Waals surface area contributed by atoms with E-state index in [1.807, 2.05) is 0 Å². The summed E-state index contributed by atoms with van der Waals surface area (Å²) < 4.78 is 6.32. The summed E-state index contributed by atoms with van der Waals surface area (Å²) in [5, 5.41) is 13.3. The first kappa shape index (κ1) is 11.1. The molecule has 1 aromatic carbocycles. The van der Waals surface area contributed by atoms with Gasteiger partial charge in [0.25, 0.3) is 0 Å². The molecule has 0 aliphatic rings. The maximum atomic E-state index is 10.8. The molecule has 0 saturated heterocycles. The van der Waals surface area contributed by atoms with Gasteiger partial charge in [-0.15, -0.1) is 0 Å². The minimum atomic E-state index is -1.02. The lowest BCUT2D eigenvalue weighted by atomic mass is 10.2. The molecule has 17 heavy (non-hydrogen) atoms. The highest BCUT2D eigenvalue weighted by molar-refractivity contribution is 5.96. The molecular weight excluding hydrogens is 224 g/mol. The van der Waals surface area contributed by atoms with Crippen LogP contribution in [0.25, 0.3) is 10.9 Å². The van der Waals surface area contributed by atoms with E-state index in [4.69, 9.17) is 9.84 Å². The number of fused-ring (bicyclic) bond motifs is 1. The van der Waals surface area contributed by atoms with Crippen molar-refractivity contribution in [1.29, 1.82) is 0 Å². The van der Waals surface area contributed by atoms with Crippen molar-refractivity contribution < 1.29 is 19.4 Å². The molecule has 6 heteroatoms. The first-order valence-electron chi connectivity index (χ1n) is 4.87. The Bertz CT molecular complexity index is 588. The molecule has 2 rings (SSSR count). The van der Waals surface area contributed by atoms with Gasteiger partial charge in [-0.1, -0.05) is 0 Å². The van der Waals surface area contributed by atoms with Crippen molar-refractivity contribution in [1.82, 2.24) is 9.78 Å². The van der Waals surface area contributed by atoms with Crippen LogP contribution in [0.5, 0.6) is 5.75 Å². The topological polar surface area (TPSA) is 81.4 Å². The van der Waals surface area contributed by atoms with Crippen LogP contribution < -0.4 is 4.74 Å². The smallest absolute Gasteiger partial charge is 0.325 e. The summed E-state index contributed by atoms with van der Waals surface area (Å²) >= 11 is 0. The lowest BCUT2D eigenvalue weighted by Crippen LogP contribution is -2.10. The fraction of sp³-hybridized carbons (Fsp3) is 0.182. The molecule has 0 unspecified atom stereocenters. The number of carbonyl (C=O) groups excluding carboxylic acids is 1. The molecule has 0 aliphatic heterocycles. The standard InChI is InChI=1S/C11H10N2O4/c1-17-7-2-3-8-9(6-14)12-13(5-11(15)16)10(8)4-7/h2-4,6H,5H2,1H3,(H,15,16). The highest BCUT2D eigenvalue weighted by atomic mass is 16.5. The highest BCUT2D eigenvalue weighted by Crippen LogP contribution is 2.22. The Hall–Kier alpha value is -2.37. The van der Waals surface area contributed by atoms with Crippen LogP contribution in [-0.2, 0) is 11.3 Å². The predicted molar refractivity (Wildman–Crippen MR) is 59.3 cm³/mol. The van der Waals surface area contributed by atoms with Gasteiger partial charge in [0.05, 0.1) is 12.6 Å². The van der Waals surface area contributed by atoms with Crippen molar-refractivity contribution in [3.63, 3.8) is 0 Å². The van der Waals surface area contributed by atoms with Crippen LogP contribution in [0.3, 0.4) is 0 Å². The van der Waals surface area contributed by atoms with Gasteiger partial charge in [-0.2, -0.15) is 5.10 Å².